The number of ketones is 1. The Morgan fingerprint density at radius 2 is 1.62 bits per heavy atom. The fourth-order valence-electron chi connectivity index (χ4n) is 2.51. The SMILES string of the molecule is O=C(c1ccccc1)C(Sc1nnc(-c2ccco2)o1)c1ccccc1. The number of hydrogen-bond acceptors (Lipinski definition) is 6. The summed E-state index contributed by atoms with van der Waals surface area (Å²) in [6, 6.07) is 22.3. The molecule has 4 aromatic rings. The summed E-state index contributed by atoms with van der Waals surface area (Å²) in [5.41, 5.74) is 1.52. The molecule has 0 aliphatic rings. The van der Waals surface area contributed by atoms with Gasteiger partial charge in [-0.1, -0.05) is 60.7 Å². The first-order valence-corrected chi connectivity index (χ1v) is 8.87. The Morgan fingerprint density at radius 3 is 2.31 bits per heavy atom. The normalized spacial score (nSPS) is 12.0. The summed E-state index contributed by atoms with van der Waals surface area (Å²) >= 11 is 1.23. The van der Waals surface area contributed by atoms with Crippen LogP contribution in [0.2, 0.25) is 0 Å². The van der Waals surface area contributed by atoms with Crippen molar-refractivity contribution in [1.82, 2.24) is 10.2 Å². The molecule has 0 saturated heterocycles. The molecular weight excluding hydrogens is 348 g/mol. The largest absolute Gasteiger partial charge is 0.459 e. The van der Waals surface area contributed by atoms with Gasteiger partial charge in [0.1, 0.15) is 5.25 Å². The van der Waals surface area contributed by atoms with E-state index in [0.29, 0.717) is 16.5 Å². The van der Waals surface area contributed by atoms with Gasteiger partial charge < -0.3 is 8.83 Å². The first-order chi connectivity index (χ1) is 12.8. The van der Waals surface area contributed by atoms with Crippen LogP contribution in [0.5, 0.6) is 0 Å². The van der Waals surface area contributed by atoms with Gasteiger partial charge in [-0.3, -0.25) is 4.79 Å². The molecule has 1 atom stereocenters. The smallest absolute Gasteiger partial charge is 0.284 e. The zero-order valence-electron chi connectivity index (χ0n) is 13.6. The van der Waals surface area contributed by atoms with Crippen molar-refractivity contribution in [3.8, 4) is 11.7 Å². The van der Waals surface area contributed by atoms with E-state index >= 15 is 0 Å². The fraction of sp³-hybridized carbons (Fsp3) is 0.0500. The van der Waals surface area contributed by atoms with Gasteiger partial charge in [-0.2, -0.15) is 0 Å². The van der Waals surface area contributed by atoms with Gasteiger partial charge in [0.2, 0.25) is 0 Å². The van der Waals surface area contributed by atoms with E-state index in [9.17, 15) is 4.79 Å². The molecule has 0 bridgehead atoms. The minimum absolute atomic E-state index is 0.0143. The standard InChI is InChI=1S/C20H14N2O3S/c23-17(14-8-3-1-4-9-14)18(15-10-5-2-6-11-15)26-20-22-21-19(25-20)16-12-7-13-24-16/h1-13,18H. The number of carbonyl (C=O) groups excluding carboxylic acids is 1. The van der Waals surface area contributed by atoms with Crippen LogP contribution in [-0.4, -0.2) is 16.0 Å². The average Bonchev–Trinajstić information content (AvgIpc) is 3.39. The Hall–Kier alpha value is -3.12. The van der Waals surface area contributed by atoms with E-state index in [-0.39, 0.29) is 11.7 Å². The number of Topliss-reactive ketones (excluding diaryl/α,β-unsaturated/α-hetero) is 1. The second-order valence-electron chi connectivity index (χ2n) is 5.49. The summed E-state index contributed by atoms with van der Waals surface area (Å²) in [6.07, 6.45) is 1.54. The molecule has 26 heavy (non-hydrogen) atoms. The van der Waals surface area contributed by atoms with Crippen LogP contribution in [-0.2, 0) is 0 Å². The first-order valence-electron chi connectivity index (χ1n) is 7.99. The maximum atomic E-state index is 13.1. The van der Waals surface area contributed by atoms with Crippen molar-refractivity contribution in [3.05, 3.63) is 90.2 Å². The van der Waals surface area contributed by atoms with Crippen molar-refractivity contribution in [3.63, 3.8) is 0 Å². The second kappa shape index (κ2) is 7.41. The second-order valence-corrected chi connectivity index (χ2v) is 6.55. The maximum Gasteiger partial charge on any atom is 0.284 e. The van der Waals surface area contributed by atoms with Gasteiger partial charge in [-0.05, 0) is 29.5 Å². The number of carbonyl (C=O) groups is 1. The van der Waals surface area contributed by atoms with Crippen LogP contribution in [0.3, 0.4) is 0 Å². The average molecular weight is 362 g/mol. The molecule has 5 nitrogen and oxygen atoms in total. The third kappa shape index (κ3) is 3.45. The van der Waals surface area contributed by atoms with E-state index < -0.39 is 5.25 Å². The topological polar surface area (TPSA) is 69.1 Å². The third-order valence-corrected chi connectivity index (χ3v) is 4.84. The summed E-state index contributed by atoms with van der Waals surface area (Å²) in [6.45, 7) is 0. The highest BCUT2D eigenvalue weighted by Crippen LogP contribution is 2.38. The summed E-state index contributed by atoms with van der Waals surface area (Å²) in [7, 11) is 0. The molecular formula is C20H14N2O3S. The molecule has 1 unspecified atom stereocenters. The van der Waals surface area contributed by atoms with E-state index in [0.717, 1.165) is 5.56 Å². The van der Waals surface area contributed by atoms with E-state index in [1.165, 1.54) is 18.0 Å². The highest BCUT2D eigenvalue weighted by Gasteiger charge is 2.26. The maximum absolute atomic E-state index is 13.1. The van der Waals surface area contributed by atoms with Gasteiger partial charge in [0.25, 0.3) is 11.1 Å². The molecule has 0 aliphatic carbocycles. The Labute approximate surface area is 154 Å². The highest BCUT2D eigenvalue weighted by atomic mass is 32.2. The summed E-state index contributed by atoms with van der Waals surface area (Å²) in [4.78, 5) is 13.1. The number of nitrogens with zero attached hydrogens (tertiary/aromatic N) is 2. The monoisotopic (exact) mass is 362 g/mol. The number of furan rings is 1. The number of benzene rings is 2. The molecule has 128 valence electrons. The fourth-order valence-corrected chi connectivity index (χ4v) is 3.47. The van der Waals surface area contributed by atoms with E-state index in [1.54, 1.807) is 24.3 Å². The highest BCUT2D eigenvalue weighted by molar-refractivity contribution is 8.00. The lowest BCUT2D eigenvalue weighted by atomic mass is 10.0. The van der Waals surface area contributed by atoms with E-state index in [1.807, 2.05) is 48.5 Å². The van der Waals surface area contributed by atoms with Gasteiger partial charge in [0, 0.05) is 5.56 Å². The van der Waals surface area contributed by atoms with Gasteiger partial charge in [0.05, 0.1) is 6.26 Å². The molecule has 0 amide bonds. The van der Waals surface area contributed by atoms with Crippen molar-refractivity contribution in [1.29, 1.82) is 0 Å². The molecule has 0 aliphatic heterocycles. The van der Waals surface area contributed by atoms with Gasteiger partial charge in [0.15, 0.2) is 11.5 Å². The molecule has 0 N–H and O–H groups in total. The Balaban J connectivity index is 1.65. The molecule has 0 fully saturated rings. The number of rotatable bonds is 6. The molecule has 0 radical (unpaired) electrons. The van der Waals surface area contributed by atoms with Crippen LogP contribution in [0.4, 0.5) is 0 Å². The quantitative estimate of drug-likeness (QED) is 0.353. The lowest BCUT2D eigenvalue weighted by molar-refractivity contribution is 0.0989. The minimum atomic E-state index is -0.483. The van der Waals surface area contributed by atoms with Gasteiger partial charge in [-0.15, -0.1) is 10.2 Å². The summed E-state index contributed by atoms with van der Waals surface area (Å²) < 4.78 is 10.9. The van der Waals surface area contributed by atoms with Crippen LogP contribution < -0.4 is 0 Å². The van der Waals surface area contributed by atoms with Crippen LogP contribution in [0.1, 0.15) is 21.2 Å². The van der Waals surface area contributed by atoms with Gasteiger partial charge >= 0.3 is 0 Å². The lowest BCUT2D eigenvalue weighted by Crippen LogP contribution is -2.10. The lowest BCUT2D eigenvalue weighted by Gasteiger charge is -2.13. The molecule has 6 heteroatoms. The molecule has 2 aromatic carbocycles. The van der Waals surface area contributed by atoms with Crippen LogP contribution in [0.15, 0.2) is 93.1 Å². The Bertz CT molecular complexity index is 982. The third-order valence-electron chi connectivity index (χ3n) is 3.76. The van der Waals surface area contributed by atoms with E-state index in [4.69, 9.17) is 8.83 Å². The van der Waals surface area contributed by atoms with Crippen molar-refractivity contribution in [2.45, 2.75) is 10.5 Å². The predicted molar refractivity (Wildman–Crippen MR) is 97.8 cm³/mol. The van der Waals surface area contributed by atoms with Crippen LogP contribution >= 0.6 is 11.8 Å². The number of thioether (sulfide) groups is 1. The van der Waals surface area contributed by atoms with Gasteiger partial charge in [-0.25, -0.2) is 0 Å². The van der Waals surface area contributed by atoms with Crippen molar-refractivity contribution in [2.75, 3.05) is 0 Å². The number of aromatic nitrogens is 2. The van der Waals surface area contributed by atoms with Crippen LogP contribution in [0.25, 0.3) is 11.7 Å². The van der Waals surface area contributed by atoms with Crippen molar-refractivity contribution >= 4 is 17.5 Å². The molecule has 2 heterocycles. The molecule has 0 spiro atoms. The van der Waals surface area contributed by atoms with Crippen molar-refractivity contribution < 1.29 is 13.6 Å². The minimum Gasteiger partial charge on any atom is -0.459 e. The van der Waals surface area contributed by atoms with E-state index in [2.05, 4.69) is 10.2 Å². The summed E-state index contributed by atoms with van der Waals surface area (Å²) in [5.74, 6) is 0.769. The number of hydrogen-bond donors (Lipinski definition) is 0. The van der Waals surface area contributed by atoms with Crippen LogP contribution in [0, 0.1) is 0 Å². The zero-order valence-corrected chi connectivity index (χ0v) is 14.4. The Kier molecular flexibility index (Phi) is 4.66. The first kappa shape index (κ1) is 16.4. The molecule has 2 aromatic heterocycles. The molecule has 0 saturated carbocycles. The van der Waals surface area contributed by atoms with Crippen molar-refractivity contribution in [2.24, 2.45) is 0 Å². The molecule has 4 rings (SSSR count). The predicted octanol–water partition coefficient (Wildman–Crippen LogP) is 5.05. The zero-order chi connectivity index (χ0) is 17.8. The summed E-state index contributed by atoms with van der Waals surface area (Å²) in [5, 5.41) is 7.87. The Morgan fingerprint density at radius 1 is 0.885 bits per heavy atom.